The Morgan fingerprint density at radius 1 is 0.941 bits per heavy atom. The van der Waals surface area contributed by atoms with E-state index in [0.717, 1.165) is 43.9 Å². The van der Waals surface area contributed by atoms with Crippen LogP contribution in [0.25, 0.3) is 0 Å². The van der Waals surface area contributed by atoms with Crippen LogP contribution in [0.5, 0.6) is 0 Å². The molecule has 0 saturated heterocycles. The molecule has 0 aliphatic rings. The first-order valence-electron chi connectivity index (χ1n) is 6.62. The Balaban J connectivity index is 4.00. The van der Waals surface area contributed by atoms with E-state index >= 15 is 0 Å². The third-order valence-corrected chi connectivity index (χ3v) is 4.96. The van der Waals surface area contributed by atoms with Gasteiger partial charge in [0.1, 0.15) is 0 Å². The summed E-state index contributed by atoms with van der Waals surface area (Å²) >= 11 is 3.37. The fourth-order valence-electron chi connectivity index (χ4n) is 1.26. The molecule has 0 N–H and O–H groups in total. The fraction of sp³-hybridized carbons (Fsp3) is 1.00. The summed E-state index contributed by atoms with van der Waals surface area (Å²) in [7, 11) is -2.83. The van der Waals surface area contributed by atoms with Crippen LogP contribution in [0, 0.1) is 0 Å². The summed E-state index contributed by atoms with van der Waals surface area (Å²) in [6, 6.07) is 0. The second-order valence-corrected chi connectivity index (χ2v) is 7.08. The van der Waals surface area contributed by atoms with Gasteiger partial charge in [-0.2, -0.15) is 0 Å². The number of rotatable bonds is 12. The normalized spacial score (nSPS) is 11.9. The minimum atomic E-state index is -2.83. The fourth-order valence-corrected chi connectivity index (χ4v) is 3.42. The van der Waals surface area contributed by atoms with E-state index in [4.69, 9.17) is 9.05 Å². The van der Waals surface area contributed by atoms with Crippen LogP contribution in [0.3, 0.4) is 0 Å². The molecule has 0 rings (SSSR count). The van der Waals surface area contributed by atoms with Crippen LogP contribution in [-0.2, 0) is 13.6 Å². The van der Waals surface area contributed by atoms with Crippen LogP contribution in [0.2, 0.25) is 0 Å². The molecule has 0 spiro atoms. The topological polar surface area (TPSA) is 35.5 Å². The maximum Gasteiger partial charge on any atom is 0.330 e. The van der Waals surface area contributed by atoms with Gasteiger partial charge in [0.05, 0.1) is 19.4 Å². The second-order valence-electron chi connectivity index (χ2n) is 4.10. The van der Waals surface area contributed by atoms with Gasteiger partial charge in [0.15, 0.2) is 0 Å². The number of hydrogen-bond acceptors (Lipinski definition) is 3. The van der Waals surface area contributed by atoms with E-state index in [9.17, 15) is 4.57 Å². The smallest absolute Gasteiger partial charge is 0.309 e. The van der Waals surface area contributed by atoms with Crippen LogP contribution < -0.4 is 0 Å². The monoisotopic (exact) mass is 328 g/mol. The minimum Gasteiger partial charge on any atom is -0.309 e. The molecule has 0 heterocycles. The average molecular weight is 329 g/mol. The molecular formula is C12H26BrO3P. The molecule has 0 aliphatic heterocycles. The largest absolute Gasteiger partial charge is 0.330 e. The molecule has 17 heavy (non-hydrogen) atoms. The summed E-state index contributed by atoms with van der Waals surface area (Å²) in [5, 5.41) is 0.941. The molecular weight excluding hydrogens is 303 g/mol. The third-order valence-electron chi connectivity index (χ3n) is 2.39. The summed E-state index contributed by atoms with van der Waals surface area (Å²) in [5.74, 6) is 0. The number of unbranched alkanes of at least 4 members (excludes halogenated alkanes) is 3. The minimum absolute atomic E-state index is 0.548. The van der Waals surface area contributed by atoms with Gasteiger partial charge in [-0.05, 0) is 25.7 Å². The van der Waals surface area contributed by atoms with Gasteiger partial charge < -0.3 is 9.05 Å². The zero-order valence-corrected chi connectivity index (χ0v) is 13.6. The molecule has 0 amide bonds. The maximum atomic E-state index is 12.4. The molecule has 0 aliphatic carbocycles. The Labute approximate surface area is 114 Å². The van der Waals surface area contributed by atoms with Gasteiger partial charge in [-0.15, -0.1) is 0 Å². The van der Waals surface area contributed by atoms with Crippen LogP contribution in [0.4, 0.5) is 0 Å². The van der Waals surface area contributed by atoms with E-state index in [1.165, 1.54) is 0 Å². The molecule has 0 fully saturated rings. The first-order valence-corrected chi connectivity index (χ1v) is 9.47. The van der Waals surface area contributed by atoms with Crippen molar-refractivity contribution in [2.75, 3.05) is 24.7 Å². The molecule has 0 aromatic carbocycles. The van der Waals surface area contributed by atoms with Crippen molar-refractivity contribution in [3.05, 3.63) is 0 Å². The molecule has 0 atom stereocenters. The number of hydrogen-bond donors (Lipinski definition) is 0. The van der Waals surface area contributed by atoms with Crippen LogP contribution >= 0.6 is 23.5 Å². The van der Waals surface area contributed by atoms with Gasteiger partial charge in [0.25, 0.3) is 0 Å². The highest BCUT2D eigenvalue weighted by Gasteiger charge is 2.23. The van der Waals surface area contributed by atoms with E-state index in [1.807, 2.05) is 0 Å². The van der Waals surface area contributed by atoms with Gasteiger partial charge in [-0.3, -0.25) is 4.57 Å². The van der Waals surface area contributed by atoms with Crippen molar-refractivity contribution < 1.29 is 13.6 Å². The first-order chi connectivity index (χ1) is 8.18. The zero-order chi connectivity index (χ0) is 13.0. The van der Waals surface area contributed by atoms with Crippen molar-refractivity contribution in [2.45, 2.75) is 52.4 Å². The van der Waals surface area contributed by atoms with Crippen molar-refractivity contribution >= 4 is 23.5 Å². The molecule has 0 unspecified atom stereocenters. The average Bonchev–Trinajstić information content (AvgIpc) is 2.30. The lowest BCUT2D eigenvalue weighted by Gasteiger charge is -2.18. The molecule has 0 saturated carbocycles. The van der Waals surface area contributed by atoms with Crippen LogP contribution in [0.15, 0.2) is 0 Å². The second kappa shape index (κ2) is 11.7. The van der Waals surface area contributed by atoms with Gasteiger partial charge >= 0.3 is 7.60 Å². The van der Waals surface area contributed by atoms with Crippen molar-refractivity contribution in [1.82, 2.24) is 0 Å². The van der Waals surface area contributed by atoms with E-state index in [0.29, 0.717) is 19.4 Å². The maximum absolute atomic E-state index is 12.4. The van der Waals surface area contributed by atoms with Crippen molar-refractivity contribution in [3.63, 3.8) is 0 Å². The van der Waals surface area contributed by atoms with Crippen LogP contribution in [0.1, 0.15) is 52.4 Å². The summed E-state index contributed by atoms with van der Waals surface area (Å²) in [6.07, 6.45) is 6.44. The lowest BCUT2D eigenvalue weighted by molar-refractivity contribution is 0.199. The summed E-state index contributed by atoms with van der Waals surface area (Å²) in [4.78, 5) is 0. The standard InChI is InChI=1S/C12H26BrO3P/c1-3-5-10-15-17(14,12-8-7-9-13)16-11-6-4-2/h3-12H2,1-2H3. The molecule has 0 aromatic heterocycles. The quantitative estimate of drug-likeness (QED) is 0.287. The summed E-state index contributed by atoms with van der Waals surface area (Å²) < 4.78 is 23.3. The predicted molar refractivity (Wildman–Crippen MR) is 77.2 cm³/mol. The molecule has 3 nitrogen and oxygen atoms in total. The van der Waals surface area contributed by atoms with Crippen molar-refractivity contribution in [3.8, 4) is 0 Å². The number of alkyl halides is 1. The summed E-state index contributed by atoms with van der Waals surface area (Å²) in [5.41, 5.74) is 0. The Hall–Kier alpha value is 0.630. The van der Waals surface area contributed by atoms with E-state index in [-0.39, 0.29) is 0 Å². The highest BCUT2D eigenvalue weighted by Crippen LogP contribution is 2.49. The molecule has 0 radical (unpaired) electrons. The van der Waals surface area contributed by atoms with Crippen molar-refractivity contribution in [2.24, 2.45) is 0 Å². The van der Waals surface area contributed by atoms with Gasteiger partial charge in [0, 0.05) is 5.33 Å². The molecule has 0 aromatic rings. The van der Waals surface area contributed by atoms with Gasteiger partial charge in [0.2, 0.25) is 0 Å². The number of halogens is 1. The van der Waals surface area contributed by atoms with E-state index in [2.05, 4.69) is 29.8 Å². The third kappa shape index (κ3) is 10.3. The molecule has 0 bridgehead atoms. The Morgan fingerprint density at radius 3 is 1.88 bits per heavy atom. The zero-order valence-electron chi connectivity index (χ0n) is 11.1. The molecule has 104 valence electrons. The first kappa shape index (κ1) is 17.6. The van der Waals surface area contributed by atoms with E-state index in [1.54, 1.807) is 0 Å². The Bertz CT molecular complexity index is 179. The Kier molecular flexibility index (Phi) is 12.1. The summed E-state index contributed by atoms with van der Waals surface area (Å²) in [6.45, 7) is 5.29. The predicted octanol–water partition coefficient (Wildman–Crippen LogP) is 4.99. The molecule has 5 heteroatoms. The van der Waals surface area contributed by atoms with Crippen LogP contribution in [-0.4, -0.2) is 24.7 Å². The SMILES string of the molecule is CCCCOP(=O)(CCCCBr)OCCCC. The lowest BCUT2D eigenvalue weighted by atomic mass is 10.4. The van der Waals surface area contributed by atoms with E-state index < -0.39 is 7.60 Å². The Morgan fingerprint density at radius 2 is 1.47 bits per heavy atom. The highest BCUT2D eigenvalue weighted by atomic mass is 79.9. The highest BCUT2D eigenvalue weighted by molar-refractivity contribution is 9.09. The van der Waals surface area contributed by atoms with Crippen molar-refractivity contribution in [1.29, 1.82) is 0 Å². The lowest BCUT2D eigenvalue weighted by Crippen LogP contribution is -2.03. The van der Waals surface area contributed by atoms with Gasteiger partial charge in [-0.1, -0.05) is 42.6 Å². The van der Waals surface area contributed by atoms with Gasteiger partial charge in [-0.25, -0.2) is 0 Å².